The van der Waals surface area contributed by atoms with Crippen molar-refractivity contribution in [1.29, 1.82) is 0 Å². The summed E-state index contributed by atoms with van der Waals surface area (Å²) in [7, 11) is -2.36. The predicted octanol–water partition coefficient (Wildman–Crippen LogP) is 2.15. The van der Waals surface area contributed by atoms with E-state index in [2.05, 4.69) is 31.2 Å². The lowest BCUT2D eigenvalue weighted by Crippen LogP contribution is -2.39. The number of esters is 1. The normalized spacial score (nSPS) is 11.2. The van der Waals surface area contributed by atoms with Crippen molar-refractivity contribution in [2.24, 2.45) is 5.10 Å². The topological polar surface area (TPSA) is 105 Å². The second-order valence-electron chi connectivity index (χ2n) is 5.65. The molecule has 8 nitrogen and oxygen atoms in total. The predicted molar refractivity (Wildman–Crippen MR) is 110 cm³/mol. The van der Waals surface area contributed by atoms with Gasteiger partial charge in [0.15, 0.2) is 0 Å². The molecule has 0 aliphatic carbocycles. The zero-order valence-electron chi connectivity index (χ0n) is 15.1. The molecule has 0 heterocycles. The Labute approximate surface area is 171 Å². The van der Waals surface area contributed by atoms with Gasteiger partial charge in [-0.25, -0.2) is 18.6 Å². The van der Waals surface area contributed by atoms with E-state index in [9.17, 15) is 18.0 Å². The smallest absolute Gasteiger partial charge is 0.337 e. The molecule has 1 N–H and O–H groups in total. The number of methoxy groups -OCH3 is 1. The molecule has 2 aromatic carbocycles. The number of hydrazone groups is 1. The average Bonchev–Trinajstić information content (AvgIpc) is 2.66. The van der Waals surface area contributed by atoms with E-state index in [0.717, 1.165) is 15.0 Å². The van der Waals surface area contributed by atoms with E-state index in [1.807, 2.05) is 0 Å². The minimum Gasteiger partial charge on any atom is -0.465 e. The molecule has 0 saturated heterocycles. The van der Waals surface area contributed by atoms with E-state index in [-0.39, 0.29) is 0 Å². The quantitative estimate of drug-likeness (QED) is 0.381. The minimum atomic E-state index is -3.66. The maximum absolute atomic E-state index is 12.1. The molecule has 0 radical (unpaired) electrons. The first-order valence-corrected chi connectivity index (χ1v) is 10.6. The Morgan fingerprint density at radius 2 is 1.75 bits per heavy atom. The van der Waals surface area contributed by atoms with Gasteiger partial charge >= 0.3 is 5.97 Å². The van der Waals surface area contributed by atoms with Crippen LogP contribution in [0.4, 0.5) is 5.69 Å². The van der Waals surface area contributed by atoms with E-state index in [4.69, 9.17) is 0 Å². The molecule has 2 aromatic rings. The number of carbonyl (C=O) groups excluding carboxylic acids is 2. The number of nitrogens with zero attached hydrogens (tertiary/aromatic N) is 2. The number of carbonyl (C=O) groups is 2. The summed E-state index contributed by atoms with van der Waals surface area (Å²) >= 11 is 3.28. The van der Waals surface area contributed by atoms with E-state index in [1.54, 1.807) is 48.5 Å². The molecule has 28 heavy (non-hydrogen) atoms. The lowest BCUT2D eigenvalue weighted by molar-refractivity contribution is -0.119. The fourth-order valence-electron chi connectivity index (χ4n) is 2.18. The first-order chi connectivity index (χ1) is 13.2. The van der Waals surface area contributed by atoms with Gasteiger partial charge in [-0.1, -0.05) is 28.1 Å². The Kier molecular flexibility index (Phi) is 7.30. The fourth-order valence-corrected chi connectivity index (χ4v) is 3.30. The van der Waals surface area contributed by atoms with Crippen LogP contribution < -0.4 is 9.73 Å². The maximum Gasteiger partial charge on any atom is 0.337 e. The molecule has 0 spiro atoms. The standard InChI is InChI=1S/C18H18BrN3O5S/c1-27-18(24)14-5-3-13(4-6-14)11-20-21-17(23)12-22(28(2,25)26)16-9-7-15(19)8-10-16/h3-11H,12H2,1-2H3,(H,21,23)/b20-11-. The minimum absolute atomic E-state index is 0.364. The molecule has 0 unspecified atom stereocenters. The second-order valence-corrected chi connectivity index (χ2v) is 8.48. The SMILES string of the molecule is COC(=O)c1ccc(/C=N\NC(=O)CN(c2ccc(Br)cc2)S(C)(=O)=O)cc1. The summed E-state index contributed by atoms with van der Waals surface area (Å²) in [5, 5.41) is 3.81. The number of halogens is 1. The van der Waals surface area contributed by atoms with Gasteiger partial charge < -0.3 is 4.74 Å². The van der Waals surface area contributed by atoms with Gasteiger partial charge in [0.05, 0.1) is 30.8 Å². The Balaban J connectivity index is 2.02. The number of benzene rings is 2. The molecule has 0 aliphatic rings. The van der Waals surface area contributed by atoms with Crippen LogP contribution in [0.2, 0.25) is 0 Å². The van der Waals surface area contributed by atoms with Crippen molar-refractivity contribution < 1.29 is 22.7 Å². The summed E-state index contributed by atoms with van der Waals surface area (Å²) in [5.41, 5.74) is 3.68. The van der Waals surface area contributed by atoms with Crippen molar-refractivity contribution in [3.63, 3.8) is 0 Å². The van der Waals surface area contributed by atoms with Gasteiger partial charge in [-0.3, -0.25) is 9.10 Å². The van der Waals surface area contributed by atoms with E-state index in [1.165, 1.54) is 13.3 Å². The largest absolute Gasteiger partial charge is 0.465 e. The highest BCUT2D eigenvalue weighted by molar-refractivity contribution is 9.10. The maximum atomic E-state index is 12.1. The Bertz CT molecular complexity index is 973. The first-order valence-electron chi connectivity index (χ1n) is 7.94. The average molecular weight is 468 g/mol. The number of amides is 1. The monoisotopic (exact) mass is 467 g/mol. The van der Waals surface area contributed by atoms with Crippen molar-refractivity contribution in [2.75, 3.05) is 24.2 Å². The van der Waals surface area contributed by atoms with E-state index < -0.39 is 28.4 Å². The molecule has 0 atom stereocenters. The molecule has 10 heteroatoms. The first kappa shape index (κ1) is 21.6. The van der Waals surface area contributed by atoms with Crippen LogP contribution in [-0.4, -0.2) is 46.4 Å². The number of rotatable bonds is 7. The number of hydrogen-bond acceptors (Lipinski definition) is 6. The van der Waals surface area contributed by atoms with Crippen molar-refractivity contribution in [2.45, 2.75) is 0 Å². The molecular weight excluding hydrogens is 450 g/mol. The zero-order valence-corrected chi connectivity index (χ0v) is 17.5. The molecule has 0 aromatic heterocycles. The van der Waals surface area contributed by atoms with Crippen LogP contribution in [0.15, 0.2) is 58.1 Å². The number of anilines is 1. The summed E-state index contributed by atoms with van der Waals surface area (Å²) in [6, 6.07) is 12.9. The van der Waals surface area contributed by atoms with Gasteiger partial charge in [-0.2, -0.15) is 5.10 Å². The highest BCUT2D eigenvalue weighted by Gasteiger charge is 2.20. The lowest BCUT2D eigenvalue weighted by atomic mass is 10.1. The van der Waals surface area contributed by atoms with E-state index >= 15 is 0 Å². The van der Waals surface area contributed by atoms with Gasteiger partial charge in [-0.05, 0) is 42.0 Å². The molecule has 0 saturated carbocycles. The Morgan fingerprint density at radius 1 is 1.14 bits per heavy atom. The van der Waals surface area contributed by atoms with Gasteiger partial charge in [0, 0.05) is 4.47 Å². The third-order valence-electron chi connectivity index (χ3n) is 3.54. The second kappa shape index (κ2) is 9.47. The highest BCUT2D eigenvalue weighted by Crippen LogP contribution is 2.20. The molecular formula is C18H18BrN3O5S. The number of ether oxygens (including phenoxy) is 1. The van der Waals surface area contributed by atoms with Crippen LogP contribution in [0.25, 0.3) is 0 Å². The fraction of sp³-hybridized carbons (Fsp3) is 0.167. The molecule has 1 amide bonds. The summed E-state index contributed by atoms with van der Waals surface area (Å²) in [4.78, 5) is 23.5. The van der Waals surface area contributed by atoms with Gasteiger partial charge in [0.2, 0.25) is 10.0 Å². The van der Waals surface area contributed by atoms with Crippen molar-refractivity contribution >= 4 is 49.7 Å². The van der Waals surface area contributed by atoms with Gasteiger partial charge in [0.25, 0.3) is 5.91 Å². The van der Waals surface area contributed by atoms with Crippen LogP contribution >= 0.6 is 15.9 Å². The van der Waals surface area contributed by atoms with Crippen LogP contribution in [-0.2, 0) is 19.6 Å². The van der Waals surface area contributed by atoms with Crippen LogP contribution in [0, 0.1) is 0 Å². The Morgan fingerprint density at radius 3 is 2.29 bits per heavy atom. The highest BCUT2D eigenvalue weighted by atomic mass is 79.9. The number of sulfonamides is 1. The molecule has 148 valence electrons. The molecule has 0 aliphatic heterocycles. The summed E-state index contributed by atoms with van der Waals surface area (Å²) < 4.78 is 30.4. The van der Waals surface area contributed by atoms with Crippen LogP contribution in [0.5, 0.6) is 0 Å². The summed E-state index contributed by atoms with van der Waals surface area (Å²) in [6.07, 6.45) is 2.40. The van der Waals surface area contributed by atoms with Crippen molar-refractivity contribution in [3.8, 4) is 0 Å². The molecule has 0 bridgehead atoms. The lowest BCUT2D eigenvalue weighted by Gasteiger charge is -2.21. The summed E-state index contributed by atoms with van der Waals surface area (Å²) in [5.74, 6) is -1.05. The number of nitrogens with one attached hydrogen (secondary N) is 1. The molecule has 0 fully saturated rings. The third-order valence-corrected chi connectivity index (χ3v) is 5.21. The number of hydrogen-bond donors (Lipinski definition) is 1. The van der Waals surface area contributed by atoms with Crippen LogP contribution in [0.3, 0.4) is 0 Å². The van der Waals surface area contributed by atoms with Crippen LogP contribution in [0.1, 0.15) is 15.9 Å². The van der Waals surface area contributed by atoms with Gasteiger partial charge in [-0.15, -0.1) is 0 Å². The van der Waals surface area contributed by atoms with Gasteiger partial charge in [0.1, 0.15) is 6.54 Å². The summed E-state index contributed by atoms with van der Waals surface area (Å²) in [6.45, 7) is -0.418. The Hall–Kier alpha value is -2.72. The van der Waals surface area contributed by atoms with E-state index in [0.29, 0.717) is 16.8 Å². The zero-order chi connectivity index (χ0) is 20.7. The third kappa shape index (κ3) is 6.17. The van der Waals surface area contributed by atoms with Crippen molar-refractivity contribution in [3.05, 3.63) is 64.1 Å². The molecule has 2 rings (SSSR count). The van der Waals surface area contributed by atoms with Crippen molar-refractivity contribution in [1.82, 2.24) is 5.43 Å².